The average molecular weight is 259 g/mol. The van der Waals surface area contributed by atoms with Gasteiger partial charge in [-0.25, -0.2) is 0 Å². The summed E-state index contributed by atoms with van der Waals surface area (Å²) in [7, 11) is 0. The predicted octanol–water partition coefficient (Wildman–Crippen LogP) is 4.22. The fourth-order valence-electron chi connectivity index (χ4n) is 15.8. The zero-order chi connectivity index (χ0) is 6.09. The van der Waals surface area contributed by atoms with E-state index in [1.807, 2.05) is 0 Å². The van der Waals surface area contributed by atoms with Crippen LogP contribution in [0.1, 0.15) is 0 Å². The van der Waals surface area contributed by atoms with Gasteiger partial charge in [0.15, 0.2) is 0 Å². The molecule has 0 aromatic heterocycles. The fraction of sp³-hybridized carbons (Fsp3) is 1.00. The van der Waals surface area contributed by atoms with Crippen LogP contribution < -0.4 is 0 Å². The van der Waals surface area contributed by atoms with Crippen LogP contribution >= 0.6 is 24.8 Å². The van der Waals surface area contributed by atoms with Crippen molar-refractivity contribution in [1.82, 2.24) is 0 Å². The van der Waals surface area contributed by atoms with Crippen LogP contribution in [0.4, 0.5) is 0 Å². The van der Waals surface area contributed by atoms with Crippen molar-refractivity contribution in [1.29, 1.82) is 0 Å². The molecule has 13 heavy (non-hydrogen) atoms. The van der Waals surface area contributed by atoms with E-state index in [1.165, 1.54) is 0 Å². The summed E-state index contributed by atoms with van der Waals surface area (Å²) in [5.74, 6) is 0. The van der Waals surface area contributed by atoms with Gasteiger partial charge in [-0.05, 0) is 0 Å². The van der Waals surface area contributed by atoms with Crippen LogP contribution in [0, 0.1) is 0 Å². The molecule has 0 nitrogen and oxygen atoms in total. The Kier molecular flexibility index (Phi) is 0.138. The summed E-state index contributed by atoms with van der Waals surface area (Å²) in [6.07, 6.45) is 0. The Morgan fingerprint density at radius 2 is 0.538 bits per heavy atom. The second kappa shape index (κ2) is 0.331. The average Bonchev–Trinajstić information content (AvgIpc) is 3.01. The van der Waals surface area contributed by atoms with Crippen LogP contribution in [-0.2, 0) is 6.51 Å². The molecule has 0 radical (unpaired) electrons. The third-order valence-corrected chi connectivity index (χ3v) is 56.5. The maximum absolute atomic E-state index is 2.28. The summed E-state index contributed by atoms with van der Waals surface area (Å²) in [6, 6.07) is 0. The molecule has 74 valence electrons. The molecule has 0 unspecified atom stereocenters. The summed E-state index contributed by atoms with van der Waals surface area (Å²) in [6.45, 7) is -2.28. The minimum atomic E-state index is -2.28. The quantitative estimate of drug-likeness (QED) is 0.571. The first-order chi connectivity index (χ1) is 5.16. The van der Waals surface area contributed by atoms with Crippen molar-refractivity contribution >= 4 is 24.8 Å². The Hall–Kier alpha value is 1.10. The van der Waals surface area contributed by atoms with E-state index in [2.05, 4.69) is 0 Å². The van der Waals surface area contributed by atoms with Gasteiger partial charge in [0.05, 0.1) is 0 Å². The molecule has 0 aliphatic carbocycles. The molecule has 0 atom stereocenters. The molecule has 0 amide bonds. The van der Waals surface area contributed by atoms with E-state index in [1.54, 1.807) is 48.2 Å². The Morgan fingerprint density at radius 1 is 0.385 bits per heavy atom. The van der Waals surface area contributed by atoms with Gasteiger partial charge in [-0.3, -0.25) is 0 Å². The summed E-state index contributed by atoms with van der Waals surface area (Å²) in [4.78, 5) is 15.9. The molecule has 3 heteroatoms. The molecular weight excluding hydrogens is 247 g/mol. The topological polar surface area (TPSA) is 0 Å². The van der Waals surface area contributed by atoms with Crippen LogP contribution in [0.5, 0.6) is 0 Å². The number of halogens is 2. The normalized spacial score (nSPS) is 145. The second-order valence-corrected chi connectivity index (χ2v) is 33.5. The van der Waals surface area contributed by atoms with E-state index in [9.17, 15) is 0 Å². The first-order valence-electron chi connectivity index (χ1n) is 5.37. The van der Waals surface area contributed by atoms with Crippen molar-refractivity contribution < 1.29 is 6.51 Å². The molecule has 10 fully saturated rings. The van der Waals surface area contributed by atoms with Crippen molar-refractivity contribution in [3.05, 3.63) is 0 Å². The minimum absolute atomic E-state index is 0. The summed E-state index contributed by atoms with van der Waals surface area (Å²) in [5.41, 5.74) is 0. The summed E-state index contributed by atoms with van der Waals surface area (Å²) in [5, 5.41) is 0. The van der Waals surface area contributed by atoms with Crippen LogP contribution in [0.25, 0.3) is 0 Å². The van der Waals surface area contributed by atoms with Gasteiger partial charge in [-0.2, -0.15) is 0 Å². The number of fused-ring (bicyclic) bond motifs is 10. The first-order valence-corrected chi connectivity index (χ1v) is 11.7. The van der Waals surface area contributed by atoms with Gasteiger partial charge < -0.3 is 0 Å². The van der Waals surface area contributed by atoms with Crippen LogP contribution in [0.2, 0.25) is 48.2 Å². The van der Waals surface area contributed by atoms with Crippen LogP contribution in [0.15, 0.2) is 0 Å². The molecule has 10 rings (SSSR count). The molecule has 10 saturated heterocycles. The van der Waals surface area contributed by atoms with Gasteiger partial charge in [0, 0.05) is 0 Å². The van der Waals surface area contributed by atoms with Crippen molar-refractivity contribution in [2.24, 2.45) is 0 Å². The van der Waals surface area contributed by atoms with E-state index in [4.69, 9.17) is 0 Å². The van der Waals surface area contributed by atoms with Gasteiger partial charge in [0.25, 0.3) is 0 Å². The standard InChI is InChI=1S/2C5H5.2ClH.Fe/c2*1-2-4-5-3-1;;;/h2*1-5H;2*1H;. The Morgan fingerprint density at radius 3 is 0.538 bits per heavy atom. The van der Waals surface area contributed by atoms with E-state index in [-0.39, 0.29) is 24.8 Å². The van der Waals surface area contributed by atoms with Gasteiger partial charge in [0.2, 0.25) is 0 Å². The fourth-order valence-corrected chi connectivity index (χ4v) is 88.0. The molecule has 0 aromatic carbocycles. The monoisotopic (exact) mass is 258 g/mol. The van der Waals surface area contributed by atoms with Crippen LogP contribution in [0.3, 0.4) is 0 Å². The van der Waals surface area contributed by atoms with Gasteiger partial charge in [-0.15, -0.1) is 24.8 Å². The molecule has 10 aliphatic heterocycles. The van der Waals surface area contributed by atoms with Crippen molar-refractivity contribution in [3.8, 4) is 0 Å². The molecule has 0 bridgehead atoms. The summed E-state index contributed by atoms with van der Waals surface area (Å²) >= 11 is 0. The first kappa shape index (κ1) is 5.43. The van der Waals surface area contributed by atoms with E-state index >= 15 is 0 Å². The third-order valence-electron chi connectivity index (χ3n) is 14.5. The Bertz CT molecular complexity index is 580. The molecule has 0 N–H and O–H groups in total. The Balaban J connectivity index is 0.000000222. The third kappa shape index (κ3) is 0.0399. The molecule has 1 spiro atoms. The second-order valence-electron chi connectivity index (χ2n) is 9.58. The van der Waals surface area contributed by atoms with E-state index in [0.717, 1.165) is 0 Å². The SMILES string of the molecule is Cl.Cl.[CH]12[CH]3[CH]4[CH]5[CH]1[Fe]23451678[CH]2[CH]1[CH]6[CH]7[CH]28. The maximum atomic E-state index is 1.59. The Labute approximate surface area is 79.3 Å². The number of hydrogen-bond acceptors (Lipinski definition) is 0. The molecule has 10 heterocycles. The van der Waals surface area contributed by atoms with Gasteiger partial charge in [-0.1, -0.05) is 0 Å². The summed E-state index contributed by atoms with van der Waals surface area (Å²) < 4.78 is 0. The molecular formula is C10H12Cl2Fe. The van der Waals surface area contributed by atoms with Crippen LogP contribution in [-0.4, -0.2) is 0 Å². The van der Waals surface area contributed by atoms with E-state index < -0.39 is 6.51 Å². The number of rotatable bonds is 0. The zero-order valence-corrected chi connectivity index (χ0v) is 9.68. The van der Waals surface area contributed by atoms with Crippen molar-refractivity contribution in [3.63, 3.8) is 0 Å². The number of hydrogen-bond donors (Lipinski definition) is 0. The van der Waals surface area contributed by atoms with Gasteiger partial charge in [0.1, 0.15) is 0 Å². The molecule has 0 saturated carbocycles. The predicted molar refractivity (Wildman–Crippen MR) is 52.0 cm³/mol. The molecule has 0 aromatic rings. The van der Waals surface area contributed by atoms with Crippen molar-refractivity contribution in [2.45, 2.75) is 48.2 Å². The van der Waals surface area contributed by atoms with Gasteiger partial charge >= 0.3 is 54.7 Å². The molecule has 10 aliphatic rings. The zero-order valence-electron chi connectivity index (χ0n) is 6.94. The van der Waals surface area contributed by atoms with Crippen molar-refractivity contribution in [2.75, 3.05) is 0 Å². The van der Waals surface area contributed by atoms with E-state index in [0.29, 0.717) is 0 Å².